The number of carbonyl (C=O) groups excluding carboxylic acids is 1. The van der Waals surface area contributed by atoms with E-state index in [1.807, 2.05) is 4.90 Å². The van der Waals surface area contributed by atoms with E-state index in [1.165, 1.54) is 0 Å². The highest BCUT2D eigenvalue weighted by Crippen LogP contribution is 2.22. The molecule has 0 aliphatic carbocycles. The van der Waals surface area contributed by atoms with Crippen LogP contribution in [-0.4, -0.2) is 35.5 Å². The highest BCUT2D eigenvalue weighted by molar-refractivity contribution is 5.80. The number of hydrogen-bond acceptors (Lipinski definition) is 2. The van der Waals surface area contributed by atoms with Crippen molar-refractivity contribution in [3.63, 3.8) is 0 Å². The molecule has 0 spiro atoms. The zero-order valence-electron chi connectivity index (χ0n) is 11.6. The first-order valence-electron chi connectivity index (χ1n) is 6.13. The van der Waals surface area contributed by atoms with Crippen molar-refractivity contribution >= 4 is 5.91 Å². The summed E-state index contributed by atoms with van der Waals surface area (Å²) in [6.45, 7) is 14.7. The van der Waals surface area contributed by atoms with Crippen LogP contribution in [0, 0.1) is 5.41 Å². The number of nitrogens with zero attached hydrogens (tertiary/aromatic N) is 1. The largest absolute Gasteiger partial charge is 0.336 e. The summed E-state index contributed by atoms with van der Waals surface area (Å²) in [6.07, 6.45) is 0.646. The van der Waals surface area contributed by atoms with Gasteiger partial charge < -0.3 is 10.2 Å². The second-order valence-corrected chi connectivity index (χ2v) is 7.02. The van der Waals surface area contributed by atoms with E-state index in [-0.39, 0.29) is 16.9 Å². The predicted molar refractivity (Wildman–Crippen MR) is 67.3 cm³/mol. The fourth-order valence-corrected chi connectivity index (χ4v) is 1.94. The van der Waals surface area contributed by atoms with Crippen molar-refractivity contribution in [2.45, 2.75) is 59.5 Å². The summed E-state index contributed by atoms with van der Waals surface area (Å²) in [5.74, 6) is 0.277. The molecule has 1 atom stereocenters. The molecule has 1 N–H and O–H groups in total. The highest BCUT2D eigenvalue weighted by atomic mass is 16.2. The van der Waals surface area contributed by atoms with E-state index in [4.69, 9.17) is 0 Å². The fraction of sp³-hybridized carbons (Fsp3) is 0.923. The lowest BCUT2D eigenvalue weighted by atomic mass is 9.96. The van der Waals surface area contributed by atoms with Gasteiger partial charge in [0, 0.05) is 31.1 Å². The molecule has 0 radical (unpaired) electrons. The van der Waals surface area contributed by atoms with Gasteiger partial charge in [0.2, 0.25) is 5.91 Å². The molecule has 0 bridgehead atoms. The second kappa shape index (κ2) is 4.36. The van der Waals surface area contributed by atoms with E-state index in [2.05, 4.69) is 46.9 Å². The molecule has 1 saturated heterocycles. The zero-order valence-corrected chi connectivity index (χ0v) is 11.6. The molecule has 1 unspecified atom stereocenters. The van der Waals surface area contributed by atoms with Crippen LogP contribution in [0.3, 0.4) is 0 Å². The molecule has 0 aromatic rings. The lowest BCUT2D eigenvalue weighted by Crippen LogP contribution is -2.44. The highest BCUT2D eigenvalue weighted by Gasteiger charge is 2.36. The van der Waals surface area contributed by atoms with Gasteiger partial charge in [-0.05, 0) is 26.2 Å². The Hall–Kier alpha value is -0.570. The van der Waals surface area contributed by atoms with Crippen LogP contribution in [0.4, 0.5) is 0 Å². The van der Waals surface area contributed by atoms with Gasteiger partial charge in [-0.1, -0.05) is 20.8 Å². The predicted octanol–water partition coefficient (Wildman–Crippen LogP) is 2.02. The first kappa shape index (κ1) is 13.5. The number of nitrogens with one attached hydrogen (secondary N) is 1. The Balaban J connectivity index is 2.48. The maximum Gasteiger partial charge on any atom is 0.224 e. The molecular weight excluding hydrogens is 200 g/mol. The fourth-order valence-electron chi connectivity index (χ4n) is 1.94. The van der Waals surface area contributed by atoms with Crippen LogP contribution in [0.1, 0.15) is 48.0 Å². The van der Waals surface area contributed by atoms with Crippen molar-refractivity contribution in [3.05, 3.63) is 0 Å². The quantitative estimate of drug-likeness (QED) is 0.781. The van der Waals surface area contributed by atoms with Crippen molar-refractivity contribution in [3.8, 4) is 0 Å². The van der Waals surface area contributed by atoms with E-state index in [9.17, 15) is 4.79 Å². The van der Waals surface area contributed by atoms with Crippen molar-refractivity contribution in [2.75, 3.05) is 13.1 Å². The molecule has 1 heterocycles. The normalized spacial score (nSPS) is 23.0. The third-order valence-corrected chi connectivity index (χ3v) is 2.86. The van der Waals surface area contributed by atoms with Gasteiger partial charge in [-0.2, -0.15) is 0 Å². The minimum absolute atomic E-state index is 0.0464. The summed E-state index contributed by atoms with van der Waals surface area (Å²) in [6, 6.07) is 0.325. The molecule has 1 rings (SSSR count). The molecule has 94 valence electrons. The Bertz CT molecular complexity index is 260. The van der Waals surface area contributed by atoms with Crippen molar-refractivity contribution < 1.29 is 4.79 Å². The van der Waals surface area contributed by atoms with Crippen LogP contribution in [0.15, 0.2) is 0 Å². The van der Waals surface area contributed by atoms with Crippen LogP contribution in [-0.2, 0) is 4.79 Å². The number of likely N-dealkylation sites (tertiary alicyclic amines) is 1. The Labute approximate surface area is 99.6 Å². The molecule has 1 aliphatic rings. The van der Waals surface area contributed by atoms with E-state index < -0.39 is 0 Å². The van der Waals surface area contributed by atoms with Crippen molar-refractivity contribution in [2.24, 2.45) is 5.41 Å². The molecule has 3 nitrogen and oxygen atoms in total. The van der Waals surface area contributed by atoms with Crippen molar-refractivity contribution in [1.82, 2.24) is 10.2 Å². The summed E-state index contributed by atoms with van der Waals surface area (Å²) in [7, 11) is 0. The molecule has 1 fully saturated rings. The topological polar surface area (TPSA) is 32.3 Å². The minimum Gasteiger partial charge on any atom is -0.336 e. The minimum atomic E-state index is -0.0464. The SMILES string of the molecule is CC(C)(C)CNC1CC(=O)N(C(C)(C)C)C1. The van der Waals surface area contributed by atoms with E-state index >= 15 is 0 Å². The third-order valence-electron chi connectivity index (χ3n) is 2.86. The van der Waals surface area contributed by atoms with Gasteiger partial charge in [0.15, 0.2) is 0 Å². The Kier molecular flexibility index (Phi) is 3.68. The molecule has 1 amide bonds. The van der Waals surface area contributed by atoms with Crippen LogP contribution < -0.4 is 5.32 Å². The number of carbonyl (C=O) groups is 1. The number of rotatable bonds is 2. The van der Waals surface area contributed by atoms with Crippen LogP contribution in [0.5, 0.6) is 0 Å². The van der Waals surface area contributed by atoms with E-state index in [0.29, 0.717) is 12.5 Å². The van der Waals surface area contributed by atoms with Gasteiger partial charge in [-0.3, -0.25) is 4.79 Å². The lowest BCUT2D eigenvalue weighted by Gasteiger charge is -2.32. The third kappa shape index (κ3) is 3.78. The molecule has 1 aliphatic heterocycles. The van der Waals surface area contributed by atoms with Crippen molar-refractivity contribution in [1.29, 1.82) is 0 Å². The van der Waals surface area contributed by atoms with E-state index in [0.717, 1.165) is 13.1 Å². The summed E-state index contributed by atoms with van der Waals surface area (Å²) < 4.78 is 0. The smallest absolute Gasteiger partial charge is 0.224 e. The molecule has 3 heteroatoms. The molecular formula is C13H26N2O. The summed E-state index contributed by atoms with van der Waals surface area (Å²) in [5, 5.41) is 3.49. The van der Waals surface area contributed by atoms with Crippen LogP contribution in [0.2, 0.25) is 0 Å². The summed E-state index contributed by atoms with van der Waals surface area (Å²) in [5.41, 5.74) is 0.230. The van der Waals surface area contributed by atoms with Crippen LogP contribution in [0.25, 0.3) is 0 Å². The first-order chi connectivity index (χ1) is 7.09. The van der Waals surface area contributed by atoms with Gasteiger partial charge >= 0.3 is 0 Å². The van der Waals surface area contributed by atoms with E-state index in [1.54, 1.807) is 0 Å². The average Bonchev–Trinajstić information content (AvgIpc) is 2.41. The Morgan fingerprint density at radius 2 is 1.81 bits per heavy atom. The zero-order chi connectivity index (χ0) is 12.6. The number of hydrogen-bond donors (Lipinski definition) is 1. The number of amides is 1. The summed E-state index contributed by atoms with van der Waals surface area (Å²) >= 11 is 0. The maximum atomic E-state index is 11.8. The van der Waals surface area contributed by atoms with Gasteiger partial charge in [-0.15, -0.1) is 0 Å². The van der Waals surface area contributed by atoms with Gasteiger partial charge in [0.05, 0.1) is 0 Å². The Morgan fingerprint density at radius 3 is 2.19 bits per heavy atom. The van der Waals surface area contributed by atoms with Gasteiger partial charge in [0.1, 0.15) is 0 Å². The molecule has 0 saturated carbocycles. The monoisotopic (exact) mass is 226 g/mol. The molecule has 16 heavy (non-hydrogen) atoms. The lowest BCUT2D eigenvalue weighted by molar-refractivity contribution is -0.131. The average molecular weight is 226 g/mol. The molecule has 0 aromatic carbocycles. The van der Waals surface area contributed by atoms with Gasteiger partial charge in [0.25, 0.3) is 0 Å². The maximum absolute atomic E-state index is 11.8. The Morgan fingerprint density at radius 1 is 1.25 bits per heavy atom. The van der Waals surface area contributed by atoms with Gasteiger partial charge in [-0.25, -0.2) is 0 Å². The standard InChI is InChI=1S/C13H26N2O/c1-12(2,3)9-14-10-7-11(16)15(8-10)13(4,5)6/h10,14H,7-9H2,1-6H3. The molecule has 0 aromatic heterocycles. The second-order valence-electron chi connectivity index (χ2n) is 7.02. The summed E-state index contributed by atoms with van der Waals surface area (Å²) in [4.78, 5) is 13.8. The van der Waals surface area contributed by atoms with Crippen LogP contribution >= 0.6 is 0 Å². The first-order valence-corrected chi connectivity index (χ1v) is 6.13.